The van der Waals surface area contributed by atoms with E-state index >= 15 is 0 Å². The second-order valence-corrected chi connectivity index (χ2v) is 5.65. The maximum absolute atomic E-state index is 5.49. The fourth-order valence-electron chi connectivity index (χ4n) is 2.46. The molecule has 0 saturated carbocycles. The van der Waals surface area contributed by atoms with Gasteiger partial charge in [0, 0.05) is 6.04 Å². The molecule has 1 aromatic rings. The van der Waals surface area contributed by atoms with Crippen molar-refractivity contribution in [2.24, 2.45) is 0 Å². The largest absolute Gasteiger partial charge is 0.301 e. The number of benzene rings is 1. The van der Waals surface area contributed by atoms with E-state index in [1.807, 2.05) is 0 Å². The molecule has 0 radical (unpaired) electrons. The third-order valence-electron chi connectivity index (χ3n) is 3.47. The van der Waals surface area contributed by atoms with E-state index in [1.54, 1.807) is 0 Å². The lowest BCUT2D eigenvalue weighted by Crippen LogP contribution is -2.39. The van der Waals surface area contributed by atoms with Crippen LogP contribution in [0.3, 0.4) is 0 Å². The van der Waals surface area contributed by atoms with Crippen LogP contribution in [-0.4, -0.2) is 12.1 Å². The van der Waals surface area contributed by atoms with Gasteiger partial charge in [0.1, 0.15) is 0 Å². The molecule has 0 aliphatic rings. The van der Waals surface area contributed by atoms with Crippen molar-refractivity contribution >= 4 is 0 Å². The molecule has 98 valence electrons. The Labute approximate surface area is 112 Å². The first kappa shape index (κ1) is 14.8. The zero-order valence-corrected chi connectivity index (χ0v) is 12.0. The molecule has 18 heavy (non-hydrogen) atoms. The van der Waals surface area contributed by atoms with E-state index in [9.17, 15) is 0 Å². The van der Waals surface area contributed by atoms with Crippen molar-refractivity contribution in [1.82, 2.24) is 5.32 Å². The third kappa shape index (κ3) is 4.20. The molecule has 2 atom stereocenters. The van der Waals surface area contributed by atoms with Gasteiger partial charge in [0.2, 0.25) is 0 Å². The van der Waals surface area contributed by atoms with Crippen LogP contribution in [0.5, 0.6) is 0 Å². The van der Waals surface area contributed by atoms with E-state index in [4.69, 9.17) is 6.42 Å². The Morgan fingerprint density at radius 1 is 1.28 bits per heavy atom. The summed E-state index contributed by atoms with van der Waals surface area (Å²) in [5, 5.41) is 3.51. The molecule has 0 bridgehead atoms. The van der Waals surface area contributed by atoms with E-state index < -0.39 is 0 Å². The quantitative estimate of drug-likeness (QED) is 0.750. The van der Waals surface area contributed by atoms with Crippen LogP contribution < -0.4 is 5.32 Å². The summed E-state index contributed by atoms with van der Waals surface area (Å²) in [6, 6.07) is 11.3. The van der Waals surface area contributed by atoms with E-state index in [2.05, 4.69) is 69.3 Å². The van der Waals surface area contributed by atoms with Gasteiger partial charge in [-0.25, -0.2) is 0 Å². The molecule has 1 nitrogen and oxygen atoms in total. The second kappa shape index (κ2) is 6.61. The molecule has 1 N–H and O–H groups in total. The average molecular weight is 243 g/mol. The minimum absolute atomic E-state index is 0.167. The molecule has 0 aliphatic carbocycles. The summed E-state index contributed by atoms with van der Waals surface area (Å²) in [4.78, 5) is 0. The Balaban J connectivity index is 2.63. The van der Waals surface area contributed by atoms with Gasteiger partial charge < -0.3 is 5.32 Å². The van der Waals surface area contributed by atoms with Gasteiger partial charge >= 0.3 is 0 Å². The highest BCUT2D eigenvalue weighted by Crippen LogP contribution is 2.28. The van der Waals surface area contributed by atoms with Crippen molar-refractivity contribution in [2.75, 3.05) is 0 Å². The van der Waals surface area contributed by atoms with Crippen LogP contribution in [0.25, 0.3) is 0 Å². The number of hydrogen-bond acceptors (Lipinski definition) is 1. The van der Waals surface area contributed by atoms with Gasteiger partial charge in [0.25, 0.3) is 0 Å². The van der Waals surface area contributed by atoms with E-state index in [0.29, 0.717) is 6.04 Å². The molecule has 0 saturated heterocycles. The molecule has 0 amide bonds. The molecule has 1 heteroatoms. The van der Waals surface area contributed by atoms with E-state index in [1.165, 1.54) is 5.56 Å². The van der Waals surface area contributed by atoms with Crippen molar-refractivity contribution in [3.05, 3.63) is 35.9 Å². The van der Waals surface area contributed by atoms with E-state index in [0.717, 1.165) is 12.8 Å². The lowest BCUT2D eigenvalue weighted by molar-refractivity contribution is 0.373. The minimum atomic E-state index is 0.167. The Kier molecular flexibility index (Phi) is 5.44. The lowest BCUT2D eigenvalue weighted by atomic mass is 9.79. The summed E-state index contributed by atoms with van der Waals surface area (Å²) in [6.07, 6.45) is 7.55. The zero-order chi connectivity index (χ0) is 13.6. The molecule has 0 fully saturated rings. The van der Waals surface area contributed by atoms with Crippen LogP contribution >= 0.6 is 0 Å². The van der Waals surface area contributed by atoms with Gasteiger partial charge in [-0.05, 0) is 30.7 Å². The summed E-state index contributed by atoms with van der Waals surface area (Å²) >= 11 is 0. The van der Waals surface area contributed by atoms with Crippen LogP contribution in [-0.2, 0) is 5.41 Å². The van der Waals surface area contributed by atoms with Gasteiger partial charge in [-0.15, -0.1) is 6.42 Å². The zero-order valence-electron chi connectivity index (χ0n) is 12.0. The lowest BCUT2D eigenvalue weighted by Gasteiger charge is -2.30. The summed E-state index contributed by atoms with van der Waals surface area (Å²) in [5.74, 6) is 2.80. The highest BCUT2D eigenvalue weighted by molar-refractivity contribution is 5.23. The smallest absolute Gasteiger partial charge is 0.0686 e. The predicted octanol–water partition coefficient (Wildman–Crippen LogP) is 3.74. The number of hydrogen-bond donors (Lipinski definition) is 1. The van der Waals surface area contributed by atoms with Gasteiger partial charge in [0.05, 0.1) is 6.04 Å². The number of nitrogens with one attached hydrogen (secondary N) is 1. The Morgan fingerprint density at radius 3 is 2.39 bits per heavy atom. The molecule has 2 unspecified atom stereocenters. The topological polar surface area (TPSA) is 12.0 Å². The highest BCUT2D eigenvalue weighted by atomic mass is 14.9. The predicted molar refractivity (Wildman–Crippen MR) is 79.6 cm³/mol. The first-order valence-electron chi connectivity index (χ1n) is 6.77. The maximum Gasteiger partial charge on any atom is 0.0686 e. The number of rotatable bonds is 6. The fraction of sp³-hybridized carbons (Fsp3) is 0.529. The highest BCUT2D eigenvalue weighted by Gasteiger charge is 2.23. The third-order valence-corrected chi connectivity index (χ3v) is 3.47. The summed E-state index contributed by atoms with van der Waals surface area (Å²) in [5.41, 5.74) is 1.55. The normalized spacial score (nSPS) is 14.8. The Morgan fingerprint density at radius 2 is 1.89 bits per heavy atom. The first-order chi connectivity index (χ1) is 8.49. The van der Waals surface area contributed by atoms with Crippen LogP contribution in [0.4, 0.5) is 0 Å². The van der Waals surface area contributed by atoms with E-state index in [-0.39, 0.29) is 11.5 Å². The SMILES string of the molecule is C#CC(CC)NC(C)CC(C)(C)c1ccccc1. The summed E-state index contributed by atoms with van der Waals surface area (Å²) in [7, 11) is 0. The fourth-order valence-corrected chi connectivity index (χ4v) is 2.46. The average Bonchev–Trinajstić information content (AvgIpc) is 2.36. The molecule has 1 rings (SSSR count). The molecule has 1 aromatic carbocycles. The van der Waals surface area contributed by atoms with Gasteiger partial charge in [0.15, 0.2) is 0 Å². The summed E-state index contributed by atoms with van der Waals surface area (Å²) < 4.78 is 0. The summed E-state index contributed by atoms with van der Waals surface area (Å²) in [6.45, 7) is 8.91. The van der Waals surface area contributed by atoms with Gasteiger partial charge in [-0.2, -0.15) is 0 Å². The maximum atomic E-state index is 5.49. The molecule has 0 heterocycles. The van der Waals surface area contributed by atoms with Crippen molar-refractivity contribution in [3.63, 3.8) is 0 Å². The van der Waals surface area contributed by atoms with Crippen molar-refractivity contribution in [2.45, 2.75) is 58.0 Å². The van der Waals surface area contributed by atoms with Crippen LogP contribution in [0.1, 0.15) is 46.1 Å². The molecule has 0 aliphatic heterocycles. The van der Waals surface area contributed by atoms with Gasteiger partial charge in [-0.3, -0.25) is 0 Å². The second-order valence-electron chi connectivity index (χ2n) is 5.65. The Bertz CT molecular complexity index is 386. The van der Waals surface area contributed by atoms with Crippen LogP contribution in [0, 0.1) is 12.3 Å². The monoisotopic (exact) mass is 243 g/mol. The molecular formula is C17H25N. The molecular weight excluding hydrogens is 218 g/mol. The van der Waals surface area contributed by atoms with Gasteiger partial charge in [-0.1, -0.05) is 57.0 Å². The number of terminal acetylenes is 1. The minimum Gasteiger partial charge on any atom is -0.301 e. The Hall–Kier alpha value is -1.26. The van der Waals surface area contributed by atoms with Crippen molar-refractivity contribution in [1.29, 1.82) is 0 Å². The van der Waals surface area contributed by atoms with Crippen molar-refractivity contribution in [3.8, 4) is 12.3 Å². The molecule has 0 spiro atoms. The van der Waals surface area contributed by atoms with Crippen molar-refractivity contribution < 1.29 is 0 Å². The first-order valence-corrected chi connectivity index (χ1v) is 6.77. The van der Waals surface area contributed by atoms with Crippen LogP contribution in [0.15, 0.2) is 30.3 Å². The van der Waals surface area contributed by atoms with Crippen LogP contribution in [0.2, 0.25) is 0 Å². The molecule has 0 aromatic heterocycles. The standard InChI is InChI=1S/C17H25N/c1-6-16(7-2)18-14(3)13-17(4,5)15-11-9-8-10-12-15/h1,8-12,14,16,18H,7,13H2,2-5H3.